The molecule has 0 spiro atoms. The van der Waals surface area contributed by atoms with Crippen molar-refractivity contribution in [1.29, 1.82) is 0 Å². The molecule has 2 fully saturated rings. The lowest BCUT2D eigenvalue weighted by Crippen LogP contribution is -2.36. The predicted molar refractivity (Wildman–Crippen MR) is 159 cm³/mol. The van der Waals surface area contributed by atoms with Crippen molar-refractivity contribution in [2.75, 3.05) is 24.7 Å². The maximum absolute atomic E-state index is 12.2. The second-order valence-corrected chi connectivity index (χ2v) is 13.3. The van der Waals surface area contributed by atoms with E-state index in [4.69, 9.17) is 46.3 Å². The normalized spacial score (nSPS) is 29.9. The molecular formula is C22H28N10O10P2S. The number of fused-ring (bicyclic) bond motifs is 2. The lowest BCUT2D eigenvalue weighted by Gasteiger charge is -2.26. The second-order valence-electron chi connectivity index (χ2n) is 10.2. The predicted octanol–water partition coefficient (Wildman–Crippen LogP) is -1.73. The van der Waals surface area contributed by atoms with Crippen molar-refractivity contribution in [2.24, 2.45) is 5.92 Å². The number of anilines is 2. The maximum atomic E-state index is 12.2. The number of aldehydes is 1. The van der Waals surface area contributed by atoms with E-state index in [-0.39, 0.29) is 36.0 Å². The van der Waals surface area contributed by atoms with Crippen LogP contribution in [0.4, 0.5) is 11.8 Å². The van der Waals surface area contributed by atoms with Gasteiger partial charge in [0.15, 0.2) is 28.9 Å². The summed E-state index contributed by atoms with van der Waals surface area (Å²) in [6.07, 6.45) is -3.67. The van der Waals surface area contributed by atoms with E-state index in [1.807, 2.05) is 9.47 Å². The zero-order chi connectivity index (χ0) is 32.0. The van der Waals surface area contributed by atoms with Gasteiger partial charge in [-0.3, -0.25) is 23.4 Å². The van der Waals surface area contributed by atoms with Crippen molar-refractivity contribution in [3.63, 3.8) is 0 Å². The number of nitrogen functional groups attached to an aromatic ring is 2. The average Bonchev–Trinajstić information content (AvgIpc) is 3.75. The molecule has 6 heterocycles. The molecule has 6 rings (SSSR count). The van der Waals surface area contributed by atoms with Gasteiger partial charge in [0.25, 0.3) is 5.56 Å². The fourth-order valence-corrected chi connectivity index (χ4v) is 7.06. The number of aromatic nitrogens is 8. The zero-order valence-corrected chi connectivity index (χ0v) is 25.8. The first-order valence-corrected chi connectivity index (χ1v) is 16.3. The quantitative estimate of drug-likeness (QED) is 0.0755. The summed E-state index contributed by atoms with van der Waals surface area (Å²) in [5.74, 6) is -0.772. The lowest BCUT2D eigenvalue weighted by atomic mass is 9.97. The average molecular weight is 687 g/mol. The van der Waals surface area contributed by atoms with Crippen molar-refractivity contribution >= 4 is 68.4 Å². The van der Waals surface area contributed by atoms with E-state index in [9.17, 15) is 24.7 Å². The van der Waals surface area contributed by atoms with E-state index >= 15 is 0 Å². The molecule has 0 aliphatic carbocycles. The van der Waals surface area contributed by atoms with E-state index < -0.39 is 67.8 Å². The number of imidazole rings is 2. The van der Waals surface area contributed by atoms with Crippen LogP contribution in [-0.4, -0.2) is 104 Å². The van der Waals surface area contributed by atoms with Gasteiger partial charge in [-0.05, 0) is 11.8 Å². The minimum absolute atomic E-state index is 0.0396. The Morgan fingerprint density at radius 2 is 1.76 bits per heavy atom. The summed E-state index contributed by atoms with van der Waals surface area (Å²) < 4.78 is 31.2. The topological polar surface area (TPSA) is 283 Å². The molecule has 0 amide bonds. The highest BCUT2D eigenvalue weighted by Gasteiger charge is 2.49. The number of ether oxygens (including phenoxy) is 2. The van der Waals surface area contributed by atoms with Crippen LogP contribution in [0.25, 0.3) is 22.3 Å². The molecule has 23 heteroatoms. The molecule has 0 aromatic carbocycles. The largest absolute Gasteiger partial charge is 0.390 e. The van der Waals surface area contributed by atoms with Crippen LogP contribution in [0.1, 0.15) is 18.9 Å². The Hall–Kier alpha value is -3.07. The molecule has 242 valence electrons. The minimum atomic E-state index is -4.15. The Labute approximate surface area is 259 Å². The molecule has 10 atom stereocenters. The smallest absolute Gasteiger partial charge is 0.325 e. The Morgan fingerprint density at radius 3 is 2.49 bits per heavy atom. The Kier molecular flexibility index (Phi) is 8.94. The molecule has 0 saturated carbocycles. The molecule has 45 heavy (non-hydrogen) atoms. The van der Waals surface area contributed by atoms with Gasteiger partial charge in [-0.2, -0.15) is 4.98 Å². The second kappa shape index (κ2) is 12.6. The Balaban J connectivity index is 1.18. The number of nitrogens with zero attached hydrogens (tertiary/aromatic N) is 7. The third-order valence-electron chi connectivity index (χ3n) is 7.48. The summed E-state index contributed by atoms with van der Waals surface area (Å²) in [6, 6.07) is 0. The molecule has 0 bridgehead atoms. The van der Waals surface area contributed by atoms with Crippen LogP contribution in [0.5, 0.6) is 0 Å². The van der Waals surface area contributed by atoms with Crippen molar-refractivity contribution in [3.8, 4) is 0 Å². The van der Waals surface area contributed by atoms with E-state index in [0.717, 1.165) is 0 Å². The number of hydrogen-bond acceptors (Lipinski definition) is 17. The van der Waals surface area contributed by atoms with Gasteiger partial charge in [0.05, 0.1) is 32.0 Å². The van der Waals surface area contributed by atoms with Crippen molar-refractivity contribution < 1.29 is 42.9 Å². The Bertz CT molecular complexity index is 1820. The summed E-state index contributed by atoms with van der Waals surface area (Å²) in [5, 5.41) is 22.3. The molecule has 8 N–H and O–H groups in total. The number of aliphatic hydroxyl groups is 2. The van der Waals surface area contributed by atoms with Crippen LogP contribution in [-0.2, 0) is 39.6 Å². The summed E-state index contributed by atoms with van der Waals surface area (Å²) in [5.41, 5.74) is 11.6. The van der Waals surface area contributed by atoms with Crippen LogP contribution < -0.4 is 17.0 Å². The van der Waals surface area contributed by atoms with Gasteiger partial charge in [0, 0.05) is 21.8 Å². The number of nitrogens with one attached hydrogen (secondary N) is 1. The SMILES string of the molecule is Nc1nc2c(ncn2[C@@H]2O[C@H](COP)[C@@H](OP(O)(=S)OC[C@H]3O[C@@H](n4cnc5c(N)ncnc54)[C@H](CC=O)[C@@H]3O)[C@H]2O)c(=O)[nH]1. The molecule has 4 aromatic rings. The van der Waals surface area contributed by atoms with Crippen LogP contribution in [0, 0.1) is 5.92 Å². The summed E-state index contributed by atoms with van der Waals surface area (Å²) >= 11 is 5.24. The molecule has 2 unspecified atom stereocenters. The number of aliphatic hydroxyl groups excluding tert-OH is 2. The first-order chi connectivity index (χ1) is 21.5. The highest BCUT2D eigenvalue weighted by molar-refractivity contribution is 8.07. The third-order valence-corrected chi connectivity index (χ3v) is 9.23. The van der Waals surface area contributed by atoms with Crippen LogP contribution in [0.15, 0.2) is 23.8 Å². The fourth-order valence-electron chi connectivity index (χ4n) is 5.43. The van der Waals surface area contributed by atoms with E-state index in [2.05, 4.69) is 29.9 Å². The van der Waals surface area contributed by atoms with Crippen molar-refractivity contribution in [1.82, 2.24) is 39.0 Å². The monoisotopic (exact) mass is 686 g/mol. The number of rotatable bonds is 11. The fraction of sp³-hybridized carbons (Fsp3) is 0.500. The summed E-state index contributed by atoms with van der Waals surface area (Å²) in [4.78, 5) is 57.4. The van der Waals surface area contributed by atoms with Gasteiger partial charge in [0.1, 0.15) is 48.8 Å². The van der Waals surface area contributed by atoms with Gasteiger partial charge in [-0.15, -0.1) is 0 Å². The molecule has 2 saturated heterocycles. The van der Waals surface area contributed by atoms with Gasteiger partial charge in [-0.25, -0.2) is 19.9 Å². The highest BCUT2D eigenvalue weighted by atomic mass is 32.5. The van der Waals surface area contributed by atoms with Crippen LogP contribution in [0.2, 0.25) is 0 Å². The van der Waals surface area contributed by atoms with Crippen molar-refractivity contribution in [3.05, 3.63) is 29.3 Å². The van der Waals surface area contributed by atoms with Gasteiger partial charge >= 0.3 is 6.72 Å². The number of aromatic amines is 1. The number of H-pyrrole nitrogens is 1. The summed E-state index contributed by atoms with van der Waals surface area (Å²) in [7, 11) is 2.04. The van der Waals surface area contributed by atoms with Crippen LogP contribution in [0.3, 0.4) is 0 Å². The first-order valence-electron chi connectivity index (χ1n) is 13.3. The lowest BCUT2D eigenvalue weighted by molar-refractivity contribution is -0.110. The first kappa shape index (κ1) is 31.9. The van der Waals surface area contributed by atoms with Gasteiger partial charge in [0.2, 0.25) is 5.95 Å². The number of nitrogens with two attached hydrogens (primary N) is 2. The summed E-state index contributed by atoms with van der Waals surface area (Å²) in [6.45, 7) is -4.71. The highest BCUT2D eigenvalue weighted by Crippen LogP contribution is 2.50. The minimum Gasteiger partial charge on any atom is -0.390 e. The van der Waals surface area contributed by atoms with Gasteiger partial charge < -0.3 is 49.9 Å². The van der Waals surface area contributed by atoms with E-state index in [1.54, 1.807) is 0 Å². The number of carbonyl (C=O) groups excluding carboxylic acids is 1. The molecule has 2 aliphatic rings. The standard InChI is InChI=1S/C22H28N10O10P2S/c23-16-11-17(26-5-25-16)31(6-27-11)20-8(1-2-33)13(34)9(40-20)4-39-44(37,45)42-15-10(3-38-43)41-21(14(15)35)32-7-28-12-18(32)29-22(24)30-19(12)36/h2,5-10,13-15,20-21,34-35H,1,3-4,43H2,(H,37,45)(H2,23,25,26)(H3,24,29,30,36)/t8-,9-,10-,13+,14-,15-,20-,21-,44?/m1/s1. The molecule has 0 radical (unpaired) electrons. The van der Waals surface area contributed by atoms with Crippen molar-refractivity contribution in [2.45, 2.75) is 49.4 Å². The molecule has 20 nitrogen and oxygen atoms in total. The number of hydrogen-bond donors (Lipinski definition) is 6. The van der Waals surface area contributed by atoms with Crippen LogP contribution >= 0.6 is 16.2 Å². The molecule has 4 aromatic heterocycles. The van der Waals surface area contributed by atoms with Gasteiger partial charge in [-0.1, -0.05) is 0 Å². The third kappa shape index (κ3) is 5.97. The maximum Gasteiger partial charge on any atom is 0.325 e. The molecule has 2 aliphatic heterocycles. The van der Waals surface area contributed by atoms with E-state index in [0.29, 0.717) is 17.5 Å². The number of carbonyl (C=O) groups is 1. The Morgan fingerprint density at radius 1 is 1.04 bits per heavy atom. The molecular weight excluding hydrogens is 658 g/mol. The zero-order valence-electron chi connectivity index (χ0n) is 23.0. The van der Waals surface area contributed by atoms with E-state index in [1.165, 1.54) is 28.1 Å².